The SMILES string of the molecule is CCCc1nnc(SCC(=O)Nc2cccc(C)c2C)n1CCOC. The minimum absolute atomic E-state index is 0.0444. The van der Waals surface area contributed by atoms with E-state index in [1.807, 2.05) is 36.6 Å². The van der Waals surface area contributed by atoms with Crippen molar-refractivity contribution in [3.05, 3.63) is 35.2 Å². The molecule has 0 unspecified atom stereocenters. The molecule has 0 radical (unpaired) electrons. The van der Waals surface area contributed by atoms with Crippen LogP contribution in [0, 0.1) is 13.8 Å². The minimum atomic E-state index is -0.0444. The van der Waals surface area contributed by atoms with Crippen LogP contribution in [0.15, 0.2) is 23.4 Å². The highest BCUT2D eigenvalue weighted by Crippen LogP contribution is 2.21. The summed E-state index contributed by atoms with van der Waals surface area (Å²) in [5.74, 6) is 1.19. The number of nitrogens with zero attached hydrogens (tertiary/aromatic N) is 3. The van der Waals surface area contributed by atoms with Gasteiger partial charge in [0.15, 0.2) is 5.16 Å². The maximum Gasteiger partial charge on any atom is 0.234 e. The number of nitrogens with one attached hydrogen (secondary N) is 1. The molecule has 0 bridgehead atoms. The summed E-state index contributed by atoms with van der Waals surface area (Å²) < 4.78 is 7.21. The third kappa shape index (κ3) is 5.31. The van der Waals surface area contributed by atoms with Gasteiger partial charge in [0.05, 0.1) is 12.4 Å². The van der Waals surface area contributed by atoms with Gasteiger partial charge in [0, 0.05) is 25.8 Å². The Morgan fingerprint density at radius 2 is 2.12 bits per heavy atom. The van der Waals surface area contributed by atoms with E-state index in [1.165, 1.54) is 11.8 Å². The first-order valence-electron chi connectivity index (χ1n) is 8.46. The summed E-state index contributed by atoms with van der Waals surface area (Å²) in [4.78, 5) is 12.3. The number of hydrogen-bond acceptors (Lipinski definition) is 5. The van der Waals surface area contributed by atoms with Crippen molar-refractivity contribution >= 4 is 23.4 Å². The fraction of sp³-hybridized carbons (Fsp3) is 0.500. The second kappa shape index (κ2) is 9.58. The third-order valence-corrected chi connectivity index (χ3v) is 4.96. The Hall–Kier alpha value is -1.86. The average Bonchev–Trinajstić information content (AvgIpc) is 2.97. The average molecular weight is 362 g/mol. The molecule has 0 saturated heterocycles. The molecule has 1 aromatic carbocycles. The van der Waals surface area contributed by atoms with Crippen LogP contribution in [0.25, 0.3) is 0 Å². The van der Waals surface area contributed by atoms with E-state index < -0.39 is 0 Å². The van der Waals surface area contributed by atoms with Crippen LogP contribution in [0.2, 0.25) is 0 Å². The standard InChI is InChI=1S/C18H26N4O2S/c1-5-7-16-20-21-18(22(16)10-11-24-4)25-12-17(23)19-15-9-6-8-13(2)14(15)3/h6,8-9H,5,7,10-12H2,1-4H3,(H,19,23). The Morgan fingerprint density at radius 3 is 2.84 bits per heavy atom. The van der Waals surface area contributed by atoms with Gasteiger partial charge in [-0.2, -0.15) is 0 Å². The van der Waals surface area contributed by atoms with Crippen LogP contribution < -0.4 is 5.32 Å². The summed E-state index contributed by atoms with van der Waals surface area (Å²) >= 11 is 1.40. The molecule has 25 heavy (non-hydrogen) atoms. The molecule has 7 heteroatoms. The molecular weight excluding hydrogens is 336 g/mol. The maximum absolute atomic E-state index is 12.3. The van der Waals surface area contributed by atoms with E-state index in [0.717, 1.165) is 40.6 Å². The predicted molar refractivity (Wildman–Crippen MR) is 101 cm³/mol. The molecule has 1 amide bonds. The van der Waals surface area contributed by atoms with E-state index in [2.05, 4.69) is 22.4 Å². The van der Waals surface area contributed by atoms with Crippen molar-refractivity contribution in [3.63, 3.8) is 0 Å². The summed E-state index contributed by atoms with van der Waals surface area (Å²) in [7, 11) is 1.67. The van der Waals surface area contributed by atoms with Crippen molar-refractivity contribution in [2.24, 2.45) is 0 Å². The summed E-state index contributed by atoms with van der Waals surface area (Å²) in [6, 6.07) is 5.90. The van der Waals surface area contributed by atoms with E-state index >= 15 is 0 Å². The van der Waals surface area contributed by atoms with Gasteiger partial charge < -0.3 is 14.6 Å². The molecule has 0 spiro atoms. The summed E-state index contributed by atoms with van der Waals surface area (Å²) in [6.07, 6.45) is 1.87. The van der Waals surface area contributed by atoms with Gasteiger partial charge in [-0.1, -0.05) is 30.8 Å². The number of thioether (sulfide) groups is 1. The quantitative estimate of drug-likeness (QED) is 0.694. The Morgan fingerprint density at radius 1 is 1.32 bits per heavy atom. The third-order valence-electron chi connectivity index (χ3n) is 4.00. The van der Waals surface area contributed by atoms with Gasteiger partial charge in [-0.3, -0.25) is 4.79 Å². The summed E-state index contributed by atoms with van der Waals surface area (Å²) in [5.41, 5.74) is 3.11. The number of ether oxygens (including phenoxy) is 1. The smallest absolute Gasteiger partial charge is 0.234 e. The van der Waals surface area contributed by atoms with E-state index in [4.69, 9.17) is 4.74 Å². The van der Waals surface area contributed by atoms with Gasteiger partial charge in [0.1, 0.15) is 5.82 Å². The Bertz CT molecular complexity index is 715. The van der Waals surface area contributed by atoms with Gasteiger partial charge in [-0.25, -0.2) is 0 Å². The lowest BCUT2D eigenvalue weighted by atomic mass is 10.1. The highest BCUT2D eigenvalue weighted by Gasteiger charge is 2.14. The van der Waals surface area contributed by atoms with Crippen LogP contribution in [0.1, 0.15) is 30.3 Å². The molecule has 2 rings (SSSR count). The Kier molecular flexibility index (Phi) is 7.46. The molecule has 0 aliphatic carbocycles. The molecule has 0 aliphatic rings. The van der Waals surface area contributed by atoms with Crippen LogP contribution in [0.5, 0.6) is 0 Å². The highest BCUT2D eigenvalue weighted by atomic mass is 32.2. The van der Waals surface area contributed by atoms with E-state index in [-0.39, 0.29) is 5.91 Å². The number of methoxy groups -OCH3 is 1. The number of carbonyl (C=O) groups is 1. The zero-order valence-corrected chi connectivity index (χ0v) is 16.2. The number of anilines is 1. The number of amides is 1. The number of rotatable bonds is 9. The lowest BCUT2D eigenvalue weighted by Gasteiger charge is -2.11. The van der Waals surface area contributed by atoms with Gasteiger partial charge in [-0.05, 0) is 37.5 Å². The zero-order valence-electron chi connectivity index (χ0n) is 15.3. The predicted octanol–water partition coefficient (Wildman–Crippen LogP) is 3.22. The Labute approximate surface area is 153 Å². The topological polar surface area (TPSA) is 69.0 Å². The van der Waals surface area contributed by atoms with Crippen LogP contribution in [0.4, 0.5) is 5.69 Å². The molecule has 1 N–H and O–H groups in total. The highest BCUT2D eigenvalue weighted by molar-refractivity contribution is 7.99. The lowest BCUT2D eigenvalue weighted by Crippen LogP contribution is -2.16. The van der Waals surface area contributed by atoms with Gasteiger partial charge >= 0.3 is 0 Å². The van der Waals surface area contributed by atoms with Crippen molar-refractivity contribution in [1.29, 1.82) is 0 Å². The normalized spacial score (nSPS) is 10.9. The van der Waals surface area contributed by atoms with Crippen molar-refractivity contribution in [2.75, 3.05) is 24.8 Å². The van der Waals surface area contributed by atoms with Crippen molar-refractivity contribution in [1.82, 2.24) is 14.8 Å². The van der Waals surface area contributed by atoms with E-state index in [0.29, 0.717) is 18.9 Å². The minimum Gasteiger partial charge on any atom is -0.383 e. The molecule has 0 saturated carbocycles. The fourth-order valence-electron chi connectivity index (χ4n) is 2.44. The zero-order chi connectivity index (χ0) is 18.2. The molecule has 1 heterocycles. The van der Waals surface area contributed by atoms with Crippen LogP contribution in [-0.2, 0) is 22.5 Å². The molecule has 6 nitrogen and oxygen atoms in total. The fourth-order valence-corrected chi connectivity index (χ4v) is 3.23. The van der Waals surface area contributed by atoms with Gasteiger partial charge in [0.25, 0.3) is 0 Å². The molecular formula is C18H26N4O2S. The lowest BCUT2D eigenvalue weighted by molar-refractivity contribution is -0.113. The second-order valence-electron chi connectivity index (χ2n) is 5.88. The van der Waals surface area contributed by atoms with Crippen LogP contribution in [-0.4, -0.2) is 40.1 Å². The Balaban J connectivity index is 2.00. The molecule has 2 aromatic rings. The van der Waals surface area contributed by atoms with Crippen molar-refractivity contribution < 1.29 is 9.53 Å². The van der Waals surface area contributed by atoms with Crippen LogP contribution >= 0.6 is 11.8 Å². The first-order valence-corrected chi connectivity index (χ1v) is 9.45. The van der Waals surface area contributed by atoms with E-state index in [1.54, 1.807) is 7.11 Å². The number of hydrogen-bond donors (Lipinski definition) is 1. The van der Waals surface area contributed by atoms with Crippen molar-refractivity contribution in [2.45, 2.75) is 45.3 Å². The number of benzene rings is 1. The van der Waals surface area contributed by atoms with Gasteiger partial charge in [-0.15, -0.1) is 10.2 Å². The molecule has 0 aliphatic heterocycles. The summed E-state index contributed by atoms with van der Waals surface area (Å²) in [5, 5.41) is 12.2. The van der Waals surface area contributed by atoms with Gasteiger partial charge in [0.2, 0.25) is 5.91 Å². The maximum atomic E-state index is 12.3. The number of aryl methyl sites for hydroxylation is 2. The first-order chi connectivity index (χ1) is 12.1. The molecule has 136 valence electrons. The molecule has 1 aromatic heterocycles. The largest absolute Gasteiger partial charge is 0.383 e. The first kappa shape index (κ1) is 19.5. The second-order valence-corrected chi connectivity index (χ2v) is 6.82. The van der Waals surface area contributed by atoms with Crippen molar-refractivity contribution in [3.8, 4) is 0 Å². The molecule has 0 atom stereocenters. The van der Waals surface area contributed by atoms with E-state index in [9.17, 15) is 4.79 Å². The number of aromatic nitrogens is 3. The number of carbonyl (C=O) groups excluding carboxylic acids is 1. The molecule has 0 fully saturated rings. The van der Waals surface area contributed by atoms with Crippen LogP contribution in [0.3, 0.4) is 0 Å². The monoisotopic (exact) mass is 362 g/mol. The summed E-state index contributed by atoms with van der Waals surface area (Å²) in [6.45, 7) is 7.44.